The molecule has 12 heteroatoms. The van der Waals surface area contributed by atoms with Gasteiger partial charge in [-0.15, -0.1) is 0 Å². The average molecular weight is 464 g/mol. The second-order valence-corrected chi connectivity index (χ2v) is 8.05. The number of hydrogen-bond acceptors (Lipinski definition) is 5. The highest BCUT2D eigenvalue weighted by molar-refractivity contribution is 7.18. The molecule has 2 unspecified atom stereocenters. The van der Waals surface area contributed by atoms with Crippen LogP contribution in [0.3, 0.4) is 0 Å². The molecule has 2 N–H and O–H groups in total. The van der Waals surface area contributed by atoms with Gasteiger partial charge < -0.3 is 10.6 Å². The van der Waals surface area contributed by atoms with E-state index in [0.717, 1.165) is 16.9 Å². The summed E-state index contributed by atoms with van der Waals surface area (Å²) in [6, 6.07) is 3.31. The van der Waals surface area contributed by atoms with Crippen molar-refractivity contribution in [1.29, 1.82) is 0 Å². The molecule has 0 radical (unpaired) electrons. The van der Waals surface area contributed by atoms with Crippen molar-refractivity contribution in [3.63, 3.8) is 0 Å². The van der Waals surface area contributed by atoms with E-state index in [1.54, 1.807) is 35.1 Å². The number of alkyl halides is 4. The molecule has 0 aliphatic carbocycles. The third-order valence-corrected chi connectivity index (χ3v) is 5.61. The maximum Gasteiger partial charge on any atom is 0.405 e. The molecule has 162 valence electrons. The first-order chi connectivity index (χ1) is 14.2. The average Bonchev–Trinajstić information content (AvgIpc) is 3.29. The van der Waals surface area contributed by atoms with Gasteiger partial charge in [-0.3, -0.25) is 4.79 Å². The van der Waals surface area contributed by atoms with Crippen molar-refractivity contribution in [2.75, 3.05) is 13.1 Å². The molecule has 1 amide bonds. The number of hydrogen-bond donors (Lipinski definition) is 2. The molecule has 0 saturated heterocycles. The Morgan fingerprint density at radius 3 is 2.80 bits per heavy atom. The summed E-state index contributed by atoms with van der Waals surface area (Å²) < 4.78 is 54.6. The third kappa shape index (κ3) is 5.08. The Morgan fingerprint density at radius 2 is 2.10 bits per heavy atom. The van der Waals surface area contributed by atoms with Crippen LogP contribution < -0.4 is 10.6 Å². The molecule has 6 nitrogen and oxygen atoms in total. The fourth-order valence-corrected chi connectivity index (χ4v) is 3.76. The van der Waals surface area contributed by atoms with E-state index in [1.165, 1.54) is 6.92 Å². The van der Waals surface area contributed by atoms with Crippen LogP contribution in [0.15, 0.2) is 30.6 Å². The van der Waals surface area contributed by atoms with Crippen LogP contribution in [-0.4, -0.2) is 52.0 Å². The number of carbonyl (C=O) groups excluding carboxylic acids is 1. The number of nitrogens with zero attached hydrogens (tertiary/aromatic N) is 3. The van der Waals surface area contributed by atoms with E-state index in [-0.39, 0.29) is 15.8 Å². The first-order valence-corrected chi connectivity index (χ1v) is 10.2. The molecular weight excluding hydrogens is 446 g/mol. The van der Waals surface area contributed by atoms with E-state index < -0.39 is 37.4 Å². The molecule has 3 aromatic heterocycles. The van der Waals surface area contributed by atoms with Crippen molar-refractivity contribution in [1.82, 2.24) is 25.2 Å². The molecule has 3 heterocycles. The summed E-state index contributed by atoms with van der Waals surface area (Å²) in [7, 11) is 0. The maximum atomic E-state index is 13.3. The van der Waals surface area contributed by atoms with Crippen LogP contribution in [0.5, 0.6) is 0 Å². The highest BCUT2D eigenvalue weighted by Crippen LogP contribution is 2.34. The molecular formula is C18H18ClF4N5OS. The fraction of sp³-hybridized carbons (Fsp3) is 0.389. The Bertz CT molecular complexity index is 1020. The summed E-state index contributed by atoms with van der Waals surface area (Å²) in [5, 5.41) is 8.40. The second kappa shape index (κ2) is 9.27. The molecule has 0 fully saturated rings. The number of aromatic nitrogens is 3. The van der Waals surface area contributed by atoms with Crippen molar-refractivity contribution in [3.05, 3.63) is 39.9 Å². The van der Waals surface area contributed by atoms with Gasteiger partial charge in [0, 0.05) is 24.8 Å². The monoisotopic (exact) mass is 463 g/mol. The fourth-order valence-electron chi connectivity index (χ4n) is 2.67. The van der Waals surface area contributed by atoms with Crippen LogP contribution in [0.4, 0.5) is 17.6 Å². The molecule has 0 bridgehead atoms. The topological polar surface area (TPSA) is 71.3 Å². The Labute approximate surface area is 178 Å². The predicted molar refractivity (Wildman–Crippen MR) is 107 cm³/mol. The molecule has 30 heavy (non-hydrogen) atoms. The summed E-state index contributed by atoms with van der Waals surface area (Å²) in [6.45, 7) is 0.311. The Balaban J connectivity index is 1.72. The Hall–Kier alpha value is -2.24. The highest BCUT2D eigenvalue weighted by atomic mass is 35.5. The van der Waals surface area contributed by atoms with Crippen molar-refractivity contribution in [2.24, 2.45) is 0 Å². The first kappa shape index (κ1) is 22.4. The minimum absolute atomic E-state index is 0.0804. The number of amides is 1. The number of thiazole rings is 1. The summed E-state index contributed by atoms with van der Waals surface area (Å²) in [6.07, 6.45) is -2.69. The van der Waals surface area contributed by atoms with Gasteiger partial charge >= 0.3 is 6.18 Å². The SMILES string of the molecule is CCC(F)CNC(CNC(=O)c1nc(-c2cnn3ccccc23)c(Cl)s1)C(F)(F)F. The quantitative estimate of drug-likeness (QED) is 0.493. The summed E-state index contributed by atoms with van der Waals surface area (Å²) in [4.78, 5) is 16.5. The van der Waals surface area contributed by atoms with Crippen molar-refractivity contribution in [3.8, 4) is 11.3 Å². The highest BCUT2D eigenvalue weighted by Gasteiger charge is 2.39. The lowest BCUT2D eigenvalue weighted by Gasteiger charge is -2.22. The number of rotatable bonds is 8. The van der Waals surface area contributed by atoms with Crippen molar-refractivity contribution in [2.45, 2.75) is 31.7 Å². The van der Waals surface area contributed by atoms with Crippen LogP contribution in [0.25, 0.3) is 16.8 Å². The van der Waals surface area contributed by atoms with Crippen LogP contribution in [0.1, 0.15) is 23.1 Å². The van der Waals surface area contributed by atoms with E-state index in [2.05, 4.69) is 20.7 Å². The van der Waals surface area contributed by atoms with Gasteiger partial charge in [-0.25, -0.2) is 13.9 Å². The van der Waals surface area contributed by atoms with Gasteiger partial charge in [0.1, 0.15) is 22.2 Å². The van der Waals surface area contributed by atoms with Gasteiger partial charge in [-0.2, -0.15) is 18.3 Å². The van der Waals surface area contributed by atoms with Gasteiger partial charge in [0.2, 0.25) is 0 Å². The van der Waals surface area contributed by atoms with Crippen molar-refractivity contribution < 1.29 is 22.4 Å². The molecule has 2 atom stereocenters. The van der Waals surface area contributed by atoms with Gasteiger partial charge in [-0.1, -0.05) is 35.9 Å². The molecule has 0 aliphatic rings. The zero-order chi connectivity index (χ0) is 21.9. The van der Waals surface area contributed by atoms with E-state index in [1.807, 2.05) is 0 Å². The lowest BCUT2D eigenvalue weighted by Crippen LogP contribution is -2.51. The van der Waals surface area contributed by atoms with Gasteiger partial charge in [-0.05, 0) is 18.6 Å². The lowest BCUT2D eigenvalue weighted by molar-refractivity contribution is -0.154. The predicted octanol–water partition coefficient (Wildman–Crippen LogP) is 4.11. The van der Waals surface area contributed by atoms with Gasteiger partial charge in [0.05, 0.1) is 11.7 Å². The summed E-state index contributed by atoms with van der Waals surface area (Å²) in [5.41, 5.74) is 1.63. The first-order valence-electron chi connectivity index (χ1n) is 9.02. The number of nitrogens with one attached hydrogen (secondary N) is 2. The number of halogens is 5. The molecule has 0 aromatic carbocycles. The summed E-state index contributed by atoms with van der Waals surface area (Å²) >= 11 is 7.08. The van der Waals surface area contributed by atoms with Crippen LogP contribution in [-0.2, 0) is 0 Å². The summed E-state index contributed by atoms with van der Waals surface area (Å²) in [5.74, 6) is -0.798. The van der Waals surface area contributed by atoms with Crippen molar-refractivity contribution >= 4 is 34.4 Å². The van der Waals surface area contributed by atoms with Crippen LogP contribution in [0, 0.1) is 0 Å². The minimum Gasteiger partial charge on any atom is -0.348 e. The second-order valence-electron chi connectivity index (χ2n) is 6.45. The largest absolute Gasteiger partial charge is 0.405 e. The smallest absolute Gasteiger partial charge is 0.348 e. The molecule has 0 saturated carbocycles. The number of carbonyl (C=O) groups is 1. The van der Waals surface area contributed by atoms with Crippen LogP contribution in [0.2, 0.25) is 4.34 Å². The van der Waals surface area contributed by atoms with E-state index in [0.29, 0.717) is 11.3 Å². The molecule has 0 aliphatic heterocycles. The van der Waals surface area contributed by atoms with Gasteiger partial charge in [0.25, 0.3) is 5.91 Å². The van der Waals surface area contributed by atoms with Crippen LogP contribution >= 0.6 is 22.9 Å². The maximum absolute atomic E-state index is 13.3. The standard InChI is InChI=1S/C18H18ClF4N5OS/c1-2-10(20)7-24-13(18(21,22)23)9-25-16(29)17-27-14(15(19)30-17)11-8-26-28-6-4-3-5-12(11)28/h3-6,8,10,13,24H,2,7,9H2,1H3,(H,25,29). The molecule has 3 aromatic rings. The number of fused-ring (bicyclic) bond motifs is 1. The minimum atomic E-state index is -4.65. The zero-order valence-corrected chi connectivity index (χ0v) is 17.3. The third-order valence-electron chi connectivity index (χ3n) is 4.35. The molecule has 0 spiro atoms. The van der Waals surface area contributed by atoms with Gasteiger partial charge in [0.15, 0.2) is 5.01 Å². The number of pyridine rings is 1. The van der Waals surface area contributed by atoms with E-state index >= 15 is 0 Å². The zero-order valence-electron chi connectivity index (χ0n) is 15.7. The van der Waals surface area contributed by atoms with E-state index in [9.17, 15) is 22.4 Å². The Morgan fingerprint density at radius 1 is 1.33 bits per heavy atom. The Kier molecular flexibility index (Phi) is 6.94. The molecule has 3 rings (SSSR count). The lowest BCUT2D eigenvalue weighted by atomic mass is 10.2. The van der Waals surface area contributed by atoms with E-state index in [4.69, 9.17) is 11.6 Å². The normalized spacial score (nSPS) is 14.1.